The molecule has 6 heteroatoms. The molecule has 1 saturated heterocycles. The first-order valence-corrected chi connectivity index (χ1v) is 10.9. The van der Waals surface area contributed by atoms with E-state index in [0.29, 0.717) is 18.2 Å². The number of nitrogens with zero attached hydrogens (tertiary/aromatic N) is 1. The van der Waals surface area contributed by atoms with Gasteiger partial charge >= 0.3 is 11.8 Å². The molecule has 2 amide bonds. The van der Waals surface area contributed by atoms with E-state index in [9.17, 15) is 9.59 Å². The summed E-state index contributed by atoms with van der Waals surface area (Å²) in [6, 6.07) is 8.30. The van der Waals surface area contributed by atoms with Gasteiger partial charge in [-0.05, 0) is 63.1 Å². The standard InChI is InChI=1S/C20H29N3O2S/c1-26-18-9-5-4-8-17(18)22-20(25)19(24)21-14-15-10-12-23(13-11-15)16-6-2-3-7-16/h4-5,8-9,15-16H,2-3,6-7,10-14H2,1H3,(H,21,24)(H,22,25). The molecule has 1 aliphatic carbocycles. The third-order valence-corrected chi connectivity index (χ3v) is 6.40. The van der Waals surface area contributed by atoms with E-state index in [1.54, 1.807) is 11.8 Å². The second-order valence-corrected chi connectivity index (χ2v) is 8.13. The molecule has 0 spiro atoms. The maximum absolute atomic E-state index is 12.1. The molecule has 26 heavy (non-hydrogen) atoms. The first kappa shape index (κ1) is 19.2. The predicted molar refractivity (Wildman–Crippen MR) is 106 cm³/mol. The smallest absolute Gasteiger partial charge is 0.313 e. The van der Waals surface area contributed by atoms with Crippen molar-refractivity contribution in [1.82, 2.24) is 10.2 Å². The van der Waals surface area contributed by atoms with Crippen LogP contribution in [-0.2, 0) is 9.59 Å². The summed E-state index contributed by atoms with van der Waals surface area (Å²) in [7, 11) is 0. The number of hydrogen-bond donors (Lipinski definition) is 2. The summed E-state index contributed by atoms with van der Waals surface area (Å²) in [6.07, 6.45) is 9.59. The topological polar surface area (TPSA) is 61.4 Å². The fourth-order valence-corrected chi connectivity index (χ4v) is 4.59. The third kappa shape index (κ3) is 5.01. The van der Waals surface area contributed by atoms with Crippen LogP contribution in [0.25, 0.3) is 0 Å². The number of thioether (sulfide) groups is 1. The lowest BCUT2D eigenvalue weighted by Crippen LogP contribution is -2.44. The number of anilines is 1. The van der Waals surface area contributed by atoms with Crippen LogP contribution < -0.4 is 10.6 Å². The minimum Gasteiger partial charge on any atom is -0.348 e. The number of likely N-dealkylation sites (tertiary alicyclic amines) is 1. The molecule has 0 bridgehead atoms. The Balaban J connectivity index is 1.40. The van der Waals surface area contributed by atoms with E-state index in [1.807, 2.05) is 30.5 Å². The number of benzene rings is 1. The Bertz CT molecular complexity index is 623. The maximum Gasteiger partial charge on any atom is 0.313 e. The van der Waals surface area contributed by atoms with Gasteiger partial charge in [0.05, 0.1) is 5.69 Å². The number of carbonyl (C=O) groups is 2. The number of nitrogens with one attached hydrogen (secondary N) is 2. The second kappa shape index (κ2) is 9.42. The van der Waals surface area contributed by atoms with Gasteiger partial charge in [-0.15, -0.1) is 11.8 Å². The third-order valence-electron chi connectivity index (χ3n) is 5.60. The van der Waals surface area contributed by atoms with Crippen LogP contribution in [0.3, 0.4) is 0 Å². The van der Waals surface area contributed by atoms with E-state index in [0.717, 1.165) is 36.9 Å². The Morgan fingerprint density at radius 3 is 2.46 bits per heavy atom. The van der Waals surface area contributed by atoms with E-state index < -0.39 is 11.8 Å². The van der Waals surface area contributed by atoms with Gasteiger partial charge in [0.2, 0.25) is 0 Å². The van der Waals surface area contributed by atoms with Crippen molar-refractivity contribution in [2.75, 3.05) is 31.2 Å². The van der Waals surface area contributed by atoms with Gasteiger partial charge in [0, 0.05) is 17.5 Å². The molecule has 5 nitrogen and oxygen atoms in total. The van der Waals surface area contributed by atoms with Crippen LogP contribution in [0.5, 0.6) is 0 Å². The first-order chi connectivity index (χ1) is 12.7. The molecule has 1 aromatic rings. The second-order valence-electron chi connectivity index (χ2n) is 7.28. The Hall–Kier alpha value is -1.53. The molecular formula is C20H29N3O2S. The van der Waals surface area contributed by atoms with Gasteiger partial charge in [0.1, 0.15) is 0 Å². The number of carbonyl (C=O) groups excluding carboxylic acids is 2. The predicted octanol–water partition coefficient (Wildman–Crippen LogP) is 3.12. The largest absolute Gasteiger partial charge is 0.348 e. The van der Waals surface area contributed by atoms with Crippen molar-refractivity contribution >= 4 is 29.3 Å². The van der Waals surface area contributed by atoms with E-state index in [4.69, 9.17) is 0 Å². The quantitative estimate of drug-likeness (QED) is 0.613. The van der Waals surface area contributed by atoms with Crippen molar-refractivity contribution in [3.05, 3.63) is 24.3 Å². The zero-order chi connectivity index (χ0) is 18.4. The Morgan fingerprint density at radius 2 is 1.77 bits per heavy atom. The fourth-order valence-electron chi connectivity index (χ4n) is 4.04. The van der Waals surface area contributed by atoms with Gasteiger partial charge in [0.25, 0.3) is 0 Å². The zero-order valence-electron chi connectivity index (χ0n) is 15.5. The summed E-state index contributed by atoms with van der Waals surface area (Å²) < 4.78 is 0. The van der Waals surface area contributed by atoms with Crippen LogP contribution in [0.1, 0.15) is 38.5 Å². The Kier molecular flexibility index (Phi) is 6.97. The molecular weight excluding hydrogens is 346 g/mol. The van der Waals surface area contributed by atoms with Crippen LogP contribution in [0.15, 0.2) is 29.2 Å². The molecule has 142 valence electrons. The first-order valence-electron chi connectivity index (χ1n) is 9.63. The lowest BCUT2D eigenvalue weighted by molar-refractivity contribution is -0.136. The summed E-state index contributed by atoms with van der Waals surface area (Å²) in [5.74, 6) is -0.656. The van der Waals surface area contributed by atoms with Crippen molar-refractivity contribution in [1.29, 1.82) is 0 Å². The molecule has 1 aromatic carbocycles. The number of piperidine rings is 1. The summed E-state index contributed by atoms with van der Waals surface area (Å²) >= 11 is 1.54. The highest BCUT2D eigenvalue weighted by Crippen LogP contribution is 2.27. The van der Waals surface area contributed by atoms with Gasteiger partial charge in [0.15, 0.2) is 0 Å². The molecule has 2 fully saturated rings. The molecule has 3 rings (SSSR count). The Labute approximate surface area is 160 Å². The molecule has 0 aromatic heterocycles. The normalized spacial score (nSPS) is 19.4. The lowest BCUT2D eigenvalue weighted by Gasteiger charge is -2.36. The van der Waals surface area contributed by atoms with Crippen molar-refractivity contribution < 1.29 is 9.59 Å². The van der Waals surface area contributed by atoms with Crippen LogP contribution in [0.4, 0.5) is 5.69 Å². The van der Waals surface area contributed by atoms with Crippen molar-refractivity contribution in [3.63, 3.8) is 0 Å². The van der Waals surface area contributed by atoms with E-state index in [-0.39, 0.29) is 0 Å². The lowest BCUT2D eigenvalue weighted by atomic mass is 9.95. The maximum atomic E-state index is 12.1. The van der Waals surface area contributed by atoms with Crippen LogP contribution in [0.2, 0.25) is 0 Å². The van der Waals surface area contributed by atoms with Gasteiger partial charge < -0.3 is 15.5 Å². The molecule has 2 aliphatic rings. The highest BCUT2D eigenvalue weighted by atomic mass is 32.2. The zero-order valence-corrected chi connectivity index (χ0v) is 16.3. The molecule has 0 unspecified atom stereocenters. The van der Waals surface area contributed by atoms with E-state index in [1.165, 1.54) is 25.7 Å². The summed E-state index contributed by atoms with van der Waals surface area (Å²) in [5.41, 5.74) is 0.685. The number of para-hydroxylation sites is 1. The van der Waals surface area contributed by atoms with Crippen molar-refractivity contribution in [2.24, 2.45) is 5.92 Å². The minimum absolute atomic E-state index is 0.475. The number of hydrogen-bond acceptors (Lipinski definition) is 4. The fraction of sp³-hybridized carbons (Fsp3) is 0.600. The average Bonchev–Trinajstić information content (AvgIpc) is 3.21. The molecule has 2 N–H and O–H groups in total. The SMILES string of the molecule is CSc1ccccc1NC(=O)C(=O)NCC1CCN(C2CCCC2)CC1. The van der Waals surface area contributed by atoms with Gasteiger partial charge in [-0.25, -0.2) is 0 Å². The van der Waals surface area contributed by atoms with Crippen LogP contribution in [-0.4, -0.2) is 48.6 Å². The van der Waals surface area contributed by atoms with Gasteiger partial charge in [-0.3, -0.25) is 9.59 Å². The highest BCUT2D eigenvalue weighted by Gasteiger charge is 2.27. The molecule has 0 radical (unpaired) electrons. The van der Waals surface area contributed by atoms with Crippen LogP contribution in [0, 0.1) is 5.92 Å². The summed E-state index contributed by atoms with van der Waals surface area (Å²) in [6.45, 7) is 2.84. The van der Waals surface area contributed by atoms with E-state index >= 15 is 0 Å². The molecule has 1 heterocycles. The summed E-state index contributed by atoms with van der Waals surface area (Å²) in [4.78, 5) is 27.8. The highest BCUT2D eigenvalue weighted by molar-refractivity contribution is 7.98. The molecule has 0 atom stereocenters. The average molecular weight is 376 g/mol. The van der Waals surface area contributed by atoms with Crippen LogP contribution >= 0.6 is 11.8 Å². The summed E-state index contributed by atoms with van der Waals surface area (Å²) in [5, 5.41) is 5.53. The Morgan fingerprint density at radius 1 is 1.08 bits per heavy atom. The molecule has 1 aliphatic heterocycles. The number of amides is 2. The number of rotatable bonds is 5. The molecule has 1 saturated carbocycles. The monoisotopic (exact) mass is 375 g/mol. The van der Waals surface area contributed by atoms with Gasteiger partial charge in [-0.1, -0.05) is 25.0 Å². The van der Waals surface area contributed by atoms with Crippen molar-refractivity contribution in [2.45, 2.75) is 49.5 Å². The minimum atomic E-state index is -0.588. The van der Waals surface area contributed by atoms with Gasteiger partial charge in [-0.2, -0.15) is 0 Å². The van der Waals surface area contributed by atoms with E-state index in [2.05, 4.69) is 15.5 Å². The van der Waals surface area contributed by atoms with Crippen molar-refractivity contribution in [3.8, 4) is 0 Å².